The van der Waals surface area contributed by atoms with E-state index >= 15 is 0 Å². The highest BCUT2D eigenvalue weighted by Gasteiger charge is 2.19. The lowest BCUT2D eigenvalue weighted by atomic mass is 10.2. The molecule has 0 saturated heterocycles. The van der Waals surface area contributed by atoms with Crippen LogP contribution in [0.25, 0.3) is 0 Å². The minimum absolute atomic E-state index is 0.145. The molecule has 18 heavy (non-hydrogen) atoms. The predicted octanol–water partition coefficient (Wildman–Crippen LogP) is 0.362. The first-order valence-electron chi connectivity index (χ1n) is 5.78. The van der Waals surface area contributed by atoms with Crippen molar-refractivity contribution in [3.63, 3.8) is 0 Å². The van der Waals surface area contributed by atoms with Crippen LogP contribution >= 0.6 is 11.8 Å². The number of ether oxygens (including phenoxy) is 2. The number of carbonyl (C=O) groups excluding carboxylic acids is 1. The van der Waals surface area contributed by atoms with Gasteiger partial charge in [-0.25, -0.2) is 4.79 Å². The summed E-state index contributed by atoms with van der Waals surface area (Å²) in [5, 5.41) is 11.4. The molecular formula is C11H21NO5S. The average molecular weight is 279 g/mol. The molecule has 0 spiro atoms. The Bertz CT molecular complexity index is 250. The summed E-state index contributed by atoms with van der Waals surface area (Å²) >= 11 is 1.64. The van der Waals surface area contributed by atoms with Gasteiger partial charge in [0.05, 0.1) is 13.2 Å². The predicted molar refractivity (Wildman–Crippen MR) is 69.9 cm³/mol. The van der Waals surface area contributed by atoms with Crippen molar-refractivity contribution in [2.45, 2.75) is 19.4 Å². The molecule has 0 heterocycles. The first kappa shape index (κ1) is 17.2. The minimum Gasteiger partial charge on any atom is -0.480 e. The molecule has 0 aliphatic heterocycles. The van der Waals surface area contributed by atoms with E-state index in [4.69, 9.17) is 14.6 Å². The number of rotatable bonds is 11. The number of carboxylic acids is 1. The minimum atomic E-state index is -1.02. The van der Waals surface area contributed by atoms with E-state index in [1.54, 1.807) is 11.8 Å². The second-order valence-corrected chi connectivity index (χ2v) is 4.88. The van der Waals surface area contributed by atoms with Crippen molar-refractivity contribution in [1.29, 1.82) is 0 Å². The van der Waals surface area contributed by atoms with Crippen LogP contribution in [0.3, 0.4) is 0 Å². The number of nitrogens with one attached hydrogen (secondary N) is 1. The molecule has 6 nitrogen and oxygen atoms in total. The Kier molecular flexibility index (Phi) is 10.8. The Labute approximate surface area is 111 Å². The highest BCUT2D eigenvalue weighted by atomic mass is 32.2. The maximum Gasteiger partial charge on any atom is 0.326 e. The fraction of sp³-hybridized carbons (Fsp3) is 0.818. The third kappa shape index (κ3) is 9.26. The molecule has 0 radical (unpaired) electrons. The molecule has 1 atom stereocenters. The number of carboxylic acid groups (broad SMARTS) is 1. The molecule has 1 amide bonds. The van der Waals surface area contributed by atoms with Crippen molar-refractivity contribution in [2.75, 3.05) is 38.4 Å². The summed E-state index contributed by atoms with van der Waals surface area (Å²) in [6.45, 7) is 2.58. The van der Waals surface area contributed by atoms with Crippen molar-refractivity contribution >= 4 is 23.6 Å². The quantitative estimate of drug-likeness (QED) is 0.531. The van der Waals surface area contributed by atoms with Gasteiger partial charge >= 0.3 is 5.97 Å². The summed E-state index contributed by atoms with van der Waals surface area (Å²) in [6.07, 6.45) is 0.414. The summed E-state index contributed by atoms with van der Waals surface area (Å²) in [5.74, 6) is 0.204. The van der Waals surface area contributed by atoms with Gasteiger partial charge in [-0.1, -0.05) is 6.92 Å². The molecule has 1 unspecified atom stereocenters. The van der Waals surface area contributed by atoms with Crippen LogP contribution in [0.4, 0.5) is 0 Å². The zero-order valence-corrected chi connectivity index (χ0v) is 11.6. The zero-order chi connectivity index (χ0) is 13.8. The van der Waals surface area contributed by atoms with E-state index in [9.17, 15) is 9.59 Å². The van der Waals surface area contributed by atoms with Crippen LogP contribution in [0.5, 0.6) is 0 Å². The maximum absolute atomic E-state index is 11.4. The van der Waals surface area contributed by atoms with Crippen LogP contribution < -0.4 is 5.32 Å². The largest absolute Gasteiger partial charge is 0.480 e. The Hall–Kier alpha value is -0.790. The van der Waals surface area contributed by atoms with E-state index in [2.05, 4.69) is 5.32 Å². The number of aliphatic carboxylic acids is 1. The van der Waals surface area contributed by atoms with E-state index in [1.807, 2.05) is 6.92 Å². The Morgan fingerprint density at radius 2 is 2.11 bits per heavy atom. The van der Waals surface area contributed by atoms with E-state index in [1.165, 1.54) is 7.11 Å². The van der Waals surface area contributed by atoms with Crippen LogP contribution in [0.2, 0.25) is 0 Å². The van der Waals surface area contributed by atoms with Crippen molar-refractivity contribution < 1.29 is 24.2 Å². The second kappa shape index (κ2) is 11.3. The fourth-order valence-corrected chi connectivity index (χ4v) is 1.84. The van der Waals surface area contributed by atoms with Gasteiger partial charge in [-0.3, -0.25) is 4.79 Å². The molecule has 0 aromatic heterocycles. The Balaban J connectivity index is 3.85. The van der Waals surface area contributed by atoms with Crippen LogP contribution in [-0.4, -0.2) is 61.5 Å². The van der Waals surface area contributed by atoms with Gasteiger partial charge in [-0.2, -0.15) is 11.8 Å². The van der Waals surface area contributed by atoms with Crippen LogP contribution in [-0.2, 0) is 19.1 Å². The van der Waals surface area contributed by atoms with Gasteiger partial charge in [0.2, 0.25) is 5.91 Å². The highest BCUT2D eigenvalue weighted by Crippen LogP contribution is 2.04. The third-order valence-corrected chi connectivity index (χ3v) is 2.99. The molecule has 0 fully saturated rings. The van der Waals surface area contributed by atoms with Gasteiger partial charge in [0, 0.05) is 7.11 Å². The average Bonchev–Trinajstić information content (AvgIpc) is 2.33. The van der Waals surface area contributed by atoms with Crippen molar-refractivity contribution in [1.82, 2.24) is 5.32 Å². The molecule has 106 valence electrons. The molecule has 2 N–H and O–H groups in total. The monoisotopic (exact) mass is 279 g/mol. The number of hydrogen-bond donors (Lipinski definition) is 2. The molecule has 0 aromatic carbocycles. The fourth-order valence-electron chi connectivity index (χ4n) is 1.15. The summed E-state index contributed by atoms with van der Waals surface area (Å²) in [5.41, 5.74) is 0. The summed E-state index contributed by atoms with van der Waals surface area (Å²) < 4.78 is 9.76. The van der Waals surface area contributed by atoms with Gasteiger partial charge in [-0.15, -0.1) is 0 Å². The van der Waals surface area contributed by atoms with E-state index in [-0.39, 0.29) is 6.61 Å². The normalized spacial score (nSPS) is 12.1. The molecule has 0 saturated carbocycles. The molecular weight excluding hydrogens is 258 g/mol. The first-order chi connectivity index (χ1) is 8.61. The molecule has 0 aliphatic carbocycles. The third-order valence-electron chi connectivity index (χ3n) is 2.05. The summed E-state index contributed by atoms with van der Waals surface area (Å²) in [7, 11) is 1.54. The Morgan fingerprint density at radius 3 is 2.67 bits per heavy atom. The molecule has 0 aliphatic rings. The maximum atomic E-state index is 11.4. The lowest BCUT2D eigenvalue weighted by Gasteiger charge is -2.14. The van der Waals surface area contributed by atoms with E-state index < -0.39 is 17.9 Å². The highest BCUT2D eigenvalue weighted by molar-refractivity contribution is 7.99. The lowest BCUT2D eigenvalue weighted by Crippen LogP contribution is -2.42. The van der Waals surface area contributed by atoms with Crippen molar-refractivity contribution in [3.8, 4) is 0 Å². The lowest BCUT2D eigenvalue weighted by molar-refractivity contribution is -0.142. The number of carbonyl (C=O) groups is 2. The molecule has 7 heteroatoms. The van der Waals surface area contributed by atoms with Crippen LogP contribution in [0, 0.1) is 0 Å². The number of hydrogen-bond acceptors (Lipinski definition) is 5. The SMILES string of the molecule is CCSCCC(NC(=O)COCCOC)C(=O)O. The summed E-state index contributed by atoms with van der Waals surface area (Å²) in [4.78, 5) is 22.3. The van der Waals surface area contributed by atoms with Crippen LogP contribution in [0.1, 0.15) is 13.3 Å². The Morgan fingerprint density at radius 1 is 1.39 bits per heavy atom. The number of thioether (sulfide) groups is 1. The van der Waals surface area contributed by atoms with Crippen molar-refractivity contribution in [3.05, 3.63) is 0 Å². The van der Waals surface area contributed by atoms with Gasteiger partial charge in [0.1, 0.15) is 12.6 Å². The van der Waals surface area contributed by atoms with Gasteiger partial charge < -0.3 is 19.9 Å². The van der Waals surface area contributed by atoms with Crippen LogP contribution in [0.15, 0.2) is 0 Å². The first-order valence-corrected chi connectivity index (χ1v) is 6.93. The number of amides is 1. The number of methoxy groups -OCH3 is 1. The zero-order valence-electron chi connectivity index (χ0n) is 10.8. The van der Waals surface area contributed by atoms with Gasteiger partial charge in [-0.05, 0) is 17.9 Å². The topological polar surface area (TPSA) is 84.9 Å². The second-order valence-electron chi connectivity index (χ2n) is 3.49. The van der Waals surface area contributed by atoms with E-state index in [0.29, 0.717) is 25.4 Å². The standard InChI is InChI=1S/C11H21NO5S/c1-3-18-7-4-9(11(14)15)12-10(13)8-17-6-5-16-2/h9H,3-8H2,1-2H3,(H,12,13)(H,14,15). The molecule has 0 rings (SSSR count). The smallest absolute Gasteiger partial charge is 0.326 e. The summed E-state index contributed by atoms with van der Waals surface area (Å²) in [6, 6.07) is -0.845. The van der Waals surface area contributed by atoms with Crippen molar-refractivity contribution in [2.24, 2.45) is 0 Å². The molecule has 0 bridgehead atoms. The van der Waals surface area contributed by atoms with Gasteiger partial charge in [0.25, 0.3) is 0 Å². The van der Waals surface area contributed by atoms with E-state index in [0.717, 1.165) is 5.75 Å². The molecule has 0 aromatic rings. The van der Waals surface area contributed by atoms with Gasteiger partial charge in [0.15, 0.2) is 0 Å².